The smallest absolute Gasteiger partial charge is 0.237 e. The number of hydrogen-bond donors (Lipinski definition) is 1. The van der Waals surface area contributed by atoms with Crippen LogP contribution in [0.15, 0.2) is 41.8 Å². The molecular weight excluding hydrogens is 365 g/mol. The molecule has 2 aliphatic heterocycles. The molecule has 2 N–H and O–H groups in total. The number of aliphatic imine (C=N–C) groups is 1. The standard InChI is InChI=1S/C19H20FN5O3/c1-11-7-14-17(26)25(2)18(21)24-19(14,10-27-11)13-8-12(3-4-15(13)20)28-16-9-22-5-6-23-16/h3-6,8-9,11,14H,7,10H2,1-2H3,(H2,21,24)/t11-,14-,19+/m0/s1. The normalized spacial score (nSPS) is 27.2. The maximum absolute atomic E-state index is 14.9. The van der Waals surface area contributed by atoms with Crippen molar-refractivity contribution in [3.8, 4) is 11.6 Å². The summed E-state index contributed by atoms with van der Waals surface area (Å²) < 4.78 is 26.4. The van der Waals surface area contributed by atoms with Gasteiger partial charge in [-0.2, -0.15) is 0 Å². The summed E-state index contributed by atoms with van der Waals surface area (Å²) in [5.41, 5.74) is 4.93. The number of rotatable bonds is 3. The molecule has 1 aromatic carbocycles. The zero-order chi connectivity index (χ0) is 19.9. The Morgan fingerprint density at radius 3 is 2.96 bits per heavy atom. The number of carbonyl (C=O) groups is 1. The van der Waals surface area contributed by atoms with Gasteiger partial charge in [-0.25, -0.2) is 14.4 Å². The van der Waals surface area contributed by atoms with E-state index >= 15 is 0 Å². The molecule has 28 heavy (non-hydrogen) atoms. The van der Waals surface area contributed by atoms with Gasteiger partial charge in [0, 0.05) is 25.0 Å². The van der Waals surface area contributed by atoms with Crippen LogP contribution in [0.5, 0.6) is 11.6 Å². The van der Waals surface area contributed by atoms with E-state index in [1.165, 1.54) is 41.7 Å². The van der Waals surface area contributed by atoms with Crippen molar-refractivity contribution in [3.63, 3.8) is 0 Å². The average Bonchev–Trinajstić information content (AvgIpc) is 2.69. The first-order chi connectivity index (χ1) is 13.4. The molecule has 0 radical (unpaired) electrons. The van der Waals surface area contributed by atoms with Crippen LogP contribution in [-0.2, 0) is 15.1 Å². The first kappa shape index (κ1) is 18.3. The van der Waals surface area contributed by atoms with E-state index in [0.717, 1.165) is 0 Å². The highest BCUT2D eigenvalue weighted by atomic mass is 19.1. The molecule has 3 atom stereocenters. The van der Waals surface area contributed by atoms with Crippen molar-refractivity contribution in [2.45, 2.75) is 25.0 Å². The molecule has 3 heterocycles. The molecule has 9 heteroatoms. The summed E-state index contributed by atoms with van der Waals surface area (Å²) in [5, 5.41) is 0. The van der Waals surface area contributed by atoms with E-state index in [0.29, 0.717) is 12.2 Å². The van der Waals surface area contributed by atoms with Crippen LogP contribution in [0.3, 0.4) is 0 Å². The second kappa shape index (κ2) is 6.83. The molecule has 1 saturated heterocycles. The second-order valence-electron chi connectivity index (χ2n) is 6.99. The van der Waals surface area contributed by atoms with Crippen LogP contribution in [0, 0.1) is 11.7 Å². The molecule has 0 spiro atoms. The van der Waals surface area contributed by atoms with E-state index in [9.17, 15) is 9.18 Å². The third-order valence-electron chi connectivity index (χ3n) is 5.18. The molecule has 1 amide bonds. The van der Waals surface area contributed by atoms with Crippen LogP contribution in [0.2, 0.25) is 0 Å². The topological polar surface area (TPSA) is 103 Å². The summed E-state index contributed by atoms with van der Waals surface area (Å²) in [7, 11) is 1.56. The maximum atomic E-state index is 14.9. The number of carbonyl (C=O) groups excluding carboxylic acids is 1. The molecule has 0 unspecified atom stereocenters. The van der Waals surface area contributed by atoms with E-state index in [1.807, 2.05) is 6.92 Å². The molecule has 2 aromatic rings. The van der Waals surface area contributed by atoms with E-state index in [1.54, 1.807) is 7.05 Å². The van der Waals surface area contributed by atoms with Gasteiger partial charge in [-0.15, -0.1) is 0 Å². The van der Waals surface area contributed by atoms with Crippen LogP contribution >= 0.6 is 0 Å². The lowest BCUT2D eigenvalue weighted by Gasteiger charge is -2.46. The van der Waals surface area contributed by atoms with Crippen molar-refractivity contribution in [1.82, 2.24) is 14.9 Å². The maximum Gasteiger partial charge on any atom is 0.237 e. The third kappa shape index (κ3) is 2.97. The van der Waals surface area contributed by atoms with Crippen LogP contribution in [0.1, 0.15) is 18.9 Å². The molecule has 0 bridgehead atoms. The van der Waals surface area contributed by atoms with Gasteiger partial charge >= 0.3 is 0 Å². The fraction of sp³-hybridized carbons (Fsp3) is 0.368. The van der Waals surface area contributed by atoms with Gasteiger partial charge < -0.3 is 15.2 Å². The molecule has 1 aromatic heterocycles. The first-order valence-electron chi connectivity index (χ1n) is 8.89. The molecule has 0 saturated carbocycles. The molecule has 2 aliphatic rings. The molecule has 0 aliphatic carbocycles. The van der Waals surface area contributed by atoms with Crippen LogP contribution in [0.4, 0.5) is 4.39 Å². The van der Waals surface area contributed by atoms with Gasteiger partial charge in [-0.1, -0.05) is 0 Å². The van der Waals surface area contributed by atoms with E-state index < -0.39 is 17.3 Å². The summed E-state index contributed by atoms with van der Waals surface area (Å²) in [4.78, 5) is 26.7. The highest BCUT2D eigenvalue weighted by molar-refractivity contribution is 6.00. The average molecular weight is 385 g/mol. The second-order valence-corrected chi connectivity index (χ2v) is 6.99. The molecule has 1 fully saturated rings. The SMILES string of the molecule is C[C@H]1C[C@H]2C(=O)N(C)C(N)=N[C@@]2(c2cc(Oc3cnccn3)ccc2F)CO1. The molecular formula is C19H20FN5O3. The predicted octanol–water partition coefficient (Wildman–Crippen LogP) is 1.81. The molecule has 146 valence electrons. The first-order valence-corrected chi connectivity index (χ1v) is 8.89. The molecule has 8 nitrogen and oxygen atoms in total. The fourth-order valence-corrected chi connectivity index (χ4v) is 3.69. The Bertz CT molecular complexity index is 938. The highest BCUT2D eigenvalue weighted by Gasteiger charge is 2.54. The third-order valence-corrected chi connectivity index (χ3v) is 5.18. The van der Waals surface area contributed by atoms with Crippen LogP contribution in [0.25, 0.3) is 0 Å². The van der Waals surface area contributed by atoms with Gasteiger partial charge in [0.2, 0.25) is 11.8 Å². The molecule has 4 rings (SSSR count). The largest absolute Gasteiger partial charge is 0.437 e. The number of amides is 1. The lowest BCUT2D eigenvalue weighted by atomic mass is 9.72. The lowest BCUT2D eigenvalue weighted by molar-refractivity contribution is -0.144. The van der Waals surface area contributed by atoms with E-state index in [-0.39, 0.29) is 36.0 Å². The van der Waals surface area contributed by atoms with Gasteiger partial charge in [0.1, 0.15) is 17.1 Å². The predicted molar refractivity (Wildman–Crippen MR) is 98.1 cm³/mol. The quantitative estimate of drug-likeness (QED) is 0.864. The number of halogens is 1. The number of nitrogens with two attached hydrogens (primary N) is 1. The minimum atomic E-state index is -1.24. The van der Waals surface area contributed by atoms with Gasteiger partial charge in [-0.3, -0.25) is 14.7 Å². The van der Waals surface area contributed by atoms with Crippen molar-refractivity contribution < 1.29 is 18.7 Å². The van der Waals surface area contributed by atoms with Crippen molar-refractivity contribution in [2.75, 3.05) is 13.7 Å². The Hall–Kier alpha value is -3.07. The van der Waals surface area contributed by atoms with Crippen molar-refractivity contribution in [1.29, 1.82) is 0 Å². The van der Waals surface area contributed by atoms with E-state index in [2.05, 4.69) is 15.0 Å². The number of fused-ring (bicyclic) bond motifs is 1. The number of aromatic nitrogens is 2. The Kier molecular flexibility index (Phi) is 4.46. The number of ether oxygens (including phenoxy) is 2. The zero-order valence-corrected chi connectivity index (χ0v) is 15.5. The minimum absolute atomic E-state index is 0.0269. The Morgan fingerprint density at radius 1 is 1.39 bits per heavy atom. The monoisotopic (exact) mass is 385 g/mol. The number of hydrogen-bond acceptors (Lipinski definition) is 7. The van der Waals surface area contributed by atoms with Crippen molar-refractivity contribution in [2.24, 2.45) is 16.6 Å². The van der Waals surface area contributed by atoms with Gasteiger partial charge in [-0.05, 0) is 31.5 Å². The number of guanidine groups is 1. The van der Waals surface area contributed by atoms with Crippen molar-refractivity contribution in [3.05, 3.63) is 48.2 Å². The van der Waals surface area contributed by atoms with Gasteiger partial charge in [0.15, 0.2) is 5.96 Å². The van der Waals surface area contributed by atoms with Crippen LogP contribution < -0.4 is 10.5 Å². The summed E-state index contributed by atoms with van der Waals surface area (Å²) in [6.07, 6.45) is 4.73. The number of benzene rings is 1. The van der Waals surface area contributed by atoms with Gasteiger partial charge in [0.25, 0.3) is 0 Å². The summed E-state index contributed by atoms with van der Waals surface area (Å²) in [6, 6.07) is 4.28. The zero-order valence-electron chi connectivity index (χ0n) is 15.5. The Labute approximate surface area is 161 Å². The van der Waals surface area contributed by atoms with Gasteiger partial charge in [0.05, 0.1) is 24.8 Å². The Morgan fingerprint density at radius 2 is 2.21 bits per heavy atom. The lowest BCUT2D eigenvalue weighted by Crippen LogP contribution is -2.59. The minimum Gasteiger partial charge on any atom is -0.437 e. The highest BCUT2D eigenvalue weighted by Crippen LogP contribution is 2.46. The Balaban J connectivity index is 1.81. The van der Waals surface area contributed by atoms with Crippen LogP contribution in [-0.4, -0.2) is 46.5 Å². The summed E-state index contributed by atoms with van der Waals surface area (Å²) in [5.74, 6) is -0.659. The summed E-state index contributed by atoms with van der Waals surface area (Å²) >= 11 is 0. The van der Waals surface area contributed by atoms with E-state index in [4.69, 9.17) is 15.2 Å². The fourth-order valence-electron chi connectivity index (χ4n) is 3.69. The van der Waals surface area contributed by atoms with Crippen molar-refractivity contribution >= 4 is 11.9 Å². The number of nitrogens with zero attached hydrogens (tertiary/aromatic N) is 4. The summed E-state index contributed by atoms with van der Waals surface area (Å²) in [6.45, 7) is 1.92.